The molecule has 0 spiro atoms. The molecule has 0 amide bonds. The van der Waals surface area contributed by atoms with Crippen LogP contribution in [0.1, 0.15) is 87.5 Å². The molecule has 0 bridgehead atoms. The molecule has 2 radical (unpaired) electrons. The van der Waals surface area contributed by atoms with Gasteiger partial charge < -0.3 is 36.8 Å². The Morgan fingerprint density at radius 3 is 1.62 bits per heavy atom. The zero-order chi connectivity index (χ0) is 27.8. The van der Waals surface area contributed by atoms with Gasteiger partial charge in [-0.3, -0.25) is 0 Å². The minimum Gasteiger partial charge on any atom is -0.374 e. The van der Waals surface area contributed by atoms with Crippen LogP contribution >= 0.6 is 0 Å². The summed E-state index contributed by atoms with van der Waals surface area (Å²) in [5.74, 6) is 0. The summed E-state index contributed by atoms with van der Waals surface area (Å²) in [6, 6.07) is 0.837. The molecule has 0 heterocycles. The number of hydrogen-bond acceptors (Lipinski definition) is 8. The van der Waals surface area contributed by atoms with Gasteiger partial charge in [-0.15, -0.1) is 0 Å². The van der Waals surface area contributed by atoms with Gasteiger partial charge in [-0.2, -0.15) is 0 Å². The molecular weight excluding hydrogens is 521 g/mol. The van der Waals surface area contributed by atoms with Gasteiger partial charge in [-0.05, 0) is 93.2 Å². The van der Waals surface area contributed by atoms with Gasteiger partial charge in [0.05, 0.1) is 9.52 Å². The fraction of sp³-hybridized carbons (Fsp3) is 1.00. The molecule has 1 N–H and O–H groups in total. The van der Waals surface area contributed by atoms with Crippen LogP contribution in [0, 0.1) is 0 Å². The van der Waals surface area contributed by atoms with E-state index in [0.29, 0.717) is 54.3 Å². The summed E-state index contributed by atoms with van der Waals surface area (Å²) in [5.41, 5.74) is 0. The van der Waals surface area contributed by atoms with Crippen LogP contribution in [-0.2, 0) is 26.6 Å². The van der Waals surface area contributed by atoms with Crippen LogP contribution in [-0.4, -0.2) is 104 Å². The van der Waals surface area contributed by atoms with Crippen LogP contribution < -0.4 is 5.32 Å². The normalized spacial score (nSPS) is 13.5. The van der Waals surface area contributed by atoms with Gasteiger partial charge in [0.25, 0.3) is 0 Å². The Balaban J connectivity index is 4.99. The van der Waals surface area contributed by atoms with Crippen molar-refractivity contribution in [2.24, 2.45) is 0 Å². The lowest BCUT2D eigenvalue weighted by Crippen LogP contribution is -2.53. The van der Waals surface area contributed by atoms with Gasteiger partial charge in [0.2, 0.25) is 0 Å². The highest BCUT2D eigenvalue weighted by Crippen LogP contribution is 2.30. The lowest BCUT2D eigenvalue weighted by Gasteiger charge is -2.35. The van der Waals surface area contributed by atoms with E-state index in [1.165, 1.54) is 25.8 Å². The number of nitrogens with one attached hydrogen (secondary N) is 1. The molecule has 0 saturated heterocycles. The second-order valence-corrected chi connectivity index (χ2v) is 16.3. The number of rotatable bonds is 28. The van der Waals surface area contributed by atoms with Gasteiger partial charge in [0, 0.05) is 50.8 Å². The Kier molecular flexibility index (Phi) is 24.4. The Bertz CT molecular complexity index is 473. The smallest absolute Gasteiger partial charge is 0.374 e. The van der Waals surface area contributed by atoms with Gasteiger partial charge in [-0.25, -0.2) is 0 Å². The first kappa shape index (κ1) is 37.3. The fourth-order valence-corrected chi connectivity index (χ4v) is 12.8. The van der Waals surface area contributed by atoms with Crippen LogP contribution in [0.5, 0.6) is 0 Å². The van der Waals surface area contributed by atoms with Crippen LogP contribution in [0.25, 0.3) is 0 Å². The predicted molar refractivity (Wildman–Crippen MR) is 159 cm³/mol. The quantitative estimate of drug-likeness (QED) is 0.103. The zero-order valence-corrected chi connectivity index (χ0v) is 28.5. The summed E-state index contributed by atoms with van der Waals surface area (Å²) in [4.78, 5) is 2.50. The maximum atomic E-state index is 6.33. The molecule has 0 aromatic heterocycles. The highest BCUT2D eigenvalue weighted by molar-refractivity contribution is 6.74. The average molecular weight is 581 g/mol. The van der Waals surface area contributed by atoms with Crippen LogP contribution in [0.15, 0.2) is 0 Å². The third-order valence-electron chi connectivity index (χ3n) is 6.23. The van der Waals surface area contributed by atoms with E-state index in [1.807, 2.05) is 41.5 Å². The van der Waals surface area contributed by atoms with E-state index >= 15 is 0 Å². The molecule has 1 atom stereocenters. The van der Waals surface area contributed by atoms with E-state index in [4.69, 9.17) is 26.6 Å². The van der Waals surface area contributed by atoms with Crippen molar-refractivity contribution >= 4 is 27.1 Å². The summed E-state index contributed by atoms with van der Waals surface area (Å²) >= 11 is 0. The van der Waals surface area contributed by atoms with Gasteiger partial charge in [0.1, 0.15) is 0 Å². The van der Waals surface area contributed by atoms with E-state index in [2.05, 4.69) is 24.1 Å². The number of hydrogen-bond donors (Lipinski definition) is 1. The summed E-state index contributed by atoms with van der Waals surface area (Å²) in [6.45, 7) is 24.8. The molecule has 0 aliphatic carbocycles. The minimum atomic E-state index is -2.74. The minimum absolute atomic E-state index is 0.331. The van der Waals surface area contributed by atoms with Crippen molar-refractivity contribution in [1.29, 1.82) is 0 Å². The molecule has 0 aromatic rings. The molecule has 0 aliphatic rings. The lowest BCUT2D eigenvalue weighted by atomic mass is 10.2. The second-order valence-electron chi connectivity index (χ2n) is 8.80. The lowest BCUT2D eigenvalue weighted by molar-refractivity contribution is 0.0666. The Morgan fingerprint density at radius 1 is 0.649 bits per heavy atom. The van der Waals surface area contributed by atoms with Crippen molar-refractivity contribution in [1.82, 2.24) is 10.2 Å². The van der Waals surface area contributed by atoms with E-state index in [-0.39, 0.29) is 0 Å². The van der Waals surface area contributed by atoms with E-state index in [9.17, 15) is 0 Å². The predicted octanol–water partition coefficient (Wildman–Crippen LogP) is 4.95. The third-order valence-corrected chi connectivity index (χ3v) is 15.5. The maximum Gasteiger partial charge on any atom is 0.500 e. The highest BCUT2D eigenvalue weighted by atomic mass is 28.4. The van der Waals surface area contributed by atoms with Crippen molar-refractivity contribution in [2.75, 3.05) is 72.0 Å². The first-order chi connectivity index (χ1) is 18.0. The number of unbranched alkanes of at least 4 members (excludes halogenated alkanes) is 2. The largest absolute Gasteiger partial charge is 0.500 e. The molecule has 1 unspecified atom stereocenters. The van der Waals surface area contributed by atoms with Gasteiger partial charge >= 0.3 is 17.6 Å². The zero-order valence-electron chi connectivity index (χ0n) is 25.5. The summed E-state index contributed by atoms with van der Waals surface area (Å²) < 4.78 is 37.0. The van der Waals surface area contributed by atoms with Crippen molar-refractivity contribution in [3.05, 3.63) is 0 Å². The van der Waals surface area contributed by atoms with Crippen LogP contribution in [0.2, 0.25) is 11.2 Å². The third kappa shape index (κ3) is 15.6. The Morgan fingerprint density at radius 2 is 1.16 bits per heavy atom. The monoisotopic (exact) mass is 580 g/mol. The molecule has 0 aliphatic heterocycles. The molecule has 0 aromatic carbocycles. The topological polar surface area (TPSA) is 70.7 Å². The standard InChI is InChI=1S/C26H60N2O6Si3/c1-9-28(10-2)23-19-17-18-21-26(37(32-14-6,33-15-7)34-16-8)35-25-27-22-20-24-36(29-11-3,30-12-4)31-13-5/h26-27H,9-25H2,1-8H3. The molecule has 0 rings (SSSR count). The summed E-state index contributed by atoms with van der Waals surface area (Å²) in [6.07, 6.45) is 6.67. The molecule has 37 heavy (non-hydrogen) atoms. The summed E-state index contributed by atoms with van der Waals surface area (Å²) in [7, 11) is -4.62. The number of nitrogens with zero attached hydrogens (tertiary/aromatic N) is 1. The van der Waals surface area contributed by atoms with Crippen molar-refractivity contribution in [2.45, 2.75) is 98.7 Å². The molecule has 0 fully saturated rings. The Hall–Kier alpha value is 0.331. The molecular formula is C26H60N2O6Si3. The van der Waals surface area contributed by atoms with Gasteiger partial charge in [-0.1, -0.05) is 26.7 Å². The van der Waals surface area contributed by atoms with Crippen molar-refractivity contribution in [3.8, 4) is 0 Å². The molecule has 8 nitrogen and oxygen atoms in total. The average Bonchev–Trinajstić information content (AvgIpc) is 2.87. The molecule has 0 saturated carbocycles. The maximum absolute atomic E-state index is 6.33. The molecule has 11 heteroatoms. The first-order valence-corrected chi connectivity index (χ1v) is 20.0. The fourth-order valence-electron chi connectivity index (χ4n) is 4.55. The Labute approximate surface area is 234 Å². The van der Waals surface area contributed by atoms with E-state index in [1.54, 1.807) is 0 Å². The van der Waals surface area contributed by atoms with Gasteiger partial charge in [0.15, 0.2) is 0 Å². The second kappa shape index (κ2) is 24.2. The SMILES string of the molecule is CCO[Si](CCCNC[Si]C(CCCCCN(CC)CC)[Si](OCC)(OCC)OCC)(OCC)OCC. The first-order valence-electron chi connectivity index (χ1n) is 15.0. The van der Waals surface area contributed by atoms with Crippen molar-refractivity contribution < 1.29 is 26.6 Å². The summed E-state index contributed by atoms with van der Waals surface area (Å²) in [5, 5.41) is 3.99. The van der Waals surface area contributed by atoms with E-state index in [0.717, 1.165) is 44.7 Å². The van der Waals surface area contributed by atoms with Crippen molar-refractivity contribution in [3.63, 3.8) is 0 Å². The van der Waals surface area contributed by atoms with Crippen LogP contribution in [0.3, 0.4) is 0 Å². The van der Waals surface area contributed by atoms with E-state index < -0.39 is 17.6 Å². The van der Waals surface area contributed by atoms with Crippen LogP contribution in [0.4, 0.5) is 0 Å². The molecule has 222 valence electrons. The highest BCUT2D eigenvalue weighted by Gasteiger charge is 2.48.